The third kappa shape index (κ3) is 4.51. The number of fused-ring (bicyclic) bond motifs is 1. The van der Waals surface area contributed by atoms with Gasteiger partial charge in [-0.15, -0.1) is 0 Å². The first kappa shape index (κ1) is 20.7. The second-order valence-electron chi connectivity index (χ2n) is 7.20. The summed E-state index contributed by atoms with van der Waals surface area (Å²) in [7, 11) is 3.09. The number of aromatic nitrogens is 4. The molecule has 0 bridgehead atoms. The second-order valence-corrected chi connectivity index (χ2v) is 7.20. The Balaban J connectivity index is 1.42. The van der Waals surface area contributed by atoms with Crippen molar-refractivity contribution in [3.05, 3.63) is 50.9 Å². The highest BCUT2D eigenvalue weighted by atomic mass is 16.3. The molecule has 9 nitrogen and oxygen atoms in total. The van der Waals surface area contributed by atoms with Crippen molar-refractivity contribution >= 4 is 11.2 Å². The number of hydrogen-bond donors (Lipinski definition) is 3. The predicted molar refractivity (Wildman–Crippen MR) is 110 cm³/mol. The number of imidazole rings is 1. The topological polar surface area (TPSA) is 114 Å². The fourth-order valence-electron chi connectivity index (χ4n) is 3.37. The van der Waals surface area contributed by atoms with E-state index in [9.17, 15) is 19.8 Å². The number of unbranched alkanes of at least 4 members (excludes halogenated alkanes) is 1. The summed E-state index contributed by atoms with van der Waals surface area (Å²) in [4.78, 5) is 28.6. The van der Waals surface area contributed by atoms with Crippen molar-refractivity contribution in [1.82, 2.24) is 24.0 Å². The van der Waals surface area contributed by atoms with Gasteiger partial charge in [-0.05, 0) is 56.5 Å². The average molecular weight is 401 g/mol. The monoisotopic (exact) mass is 401 g/mol. The minimum absolute atomic E-state index is 0.0858. The molecule has 156 valence electrons. The maximum atomic E-state index is 12.4. The molecule has 3 N–H and O–H groups in total. The molecular weight excluding hydrogens is 374 g/mol. The summed E-state index contributed by atoms with van der Waals surface area (Å²) in [5.74, 6) is -0.185. The van der Waals surface area contributed by atoms with Gasteiger partial charge in [-0.1, -0.05) is 6.07 Å². The molecule has 29 heavy (non-hydrogen) atoms. The Morgan fingerprint density at radius 1 is 1.00 bits per heavy atom. The van der Waals surface area contributed by atoms with Crippen LogP contribution in [0, 0.1) is 0 Å². The molecule has 9 heteroatoms. The van der Waals surface area contributed by atoms with Gasteiger partial charge < -0.3 is 20.1 Å². The van der Waals surface area contributed by atoms with E-state index in [2.05, 4.69) is 10.3 Å². The molecule has 0 radical (unpaired) electrons. The minimum Gasteiger partial charge on any atom is -0.504 e. The SMILES string of the molecule is Cn1c(=O)c2c(ncn2CCCCNCCCc2ccc(O)c(O)c2)n(C)c1=O. The molecule has 0 atom stereocenters. The smallest absolute Gasteiger partial charge is 0.332 e. The number of aryl methyl sites for hydroxylation is 3. The number of rotatable bonds is 9. The third-order valence-corrected chi connectivity index (χ3v) is 5.08. The molecule has 3 rings (SSSR count). The van der Waals surface area contributed by atoms with Crippen LogP contribution in [0.3, 0.4) is 0 Å². The molecule has 0 fully saturated rings. The number of phenolic OH excluding ortho intramolecular Hbond substituents is 2. The molecule has 3 aromatic rings. The summed E-state index contributed by atoms with van der Waals surface area (Å²) >= 11 is 0. The van der Waals surface area contributed by atoms with Crippen LogP contribution >= 0.6 is 0 Å². The summed E-state index contributed by atoms with van der Waals surface area (Å²) in [5.41, 5.74) is 1.17. The van der Waals surface area contributed by atoms with Crippen LogP contribution in [0.1, 0.15) is 24.8 Å². The summed E-state index contributed by atoms with van der Waals surface area (Å²) in [6.07, 6.45) is 5.21. The number of nitrogens with zero attached hydrogens (tertiary/aromatic N) is 4. The first-order valence-corrected chi connectivity index (χ1v) is 9.72. The lowest BCUT2D eigenvalue weighted by molar-refractivity contribution is 0.403. The number of phenols is 2. The van der Waals surface area contributed by atoms with Gasteiger partial charge in [0.25, 0.3) is 5.56 Å². The molecule has 0 aliphatic rings. The highest BCUT2D eigenvalue weighted by Crippen LogP contribution is 2.25. The Bertz CT molecular complexity index is 1110. The van der Waals surface area contributed by atoms with Gasteiger partial charge in [0.15, 0.2) is 22.7 Å². The van der Waals surface area contributed by atoms with E-state index in [0.29, 0.717) is 17.7 Å². The van der Waals surface area contributed by atoms with E-state index in [1.165, 1.54) is 17.7 Å². The molecule has 2 aromatic heterocycles. The molecule has 2 heterocycles. The predicted octanol–water partition coefficient (Wildman–Crippen LogP) is 0.847. The Morgan fingerprint density at radius 2 is 1.76 bits per heavy atom. The molecular formula is C20H27N5O4. The Morgan fingerprint density at radius 3 is 2.52 bits per heavy atom. The van der Waals surface area contributed by atoms with Gasteiger partial charge >= 0.3 is 5.69 Å². The number of benzene rings is 1. The summed E-state index contributed by atoms with van der Waals surface area (Å²) < 4.78 is 4.31. The first-order valence-electron chi connectivity index (χ1n) is 9.72. The molecule has 0 saturated heterocycles. The van der Waals surface area contributed by atoms with Crippen molar-refractivity contribution in [2.75, 3.05) is 13.1 Å². The standard InChI is InChI=1S/C20H27N5O4/c1-23-18-17(19(28)24(2)20(23)29)25(13-22-18)11-4-3-9-21-10-5-6-14-7-8-15(26)16(27)12-14/h7-8,12-13,21,26-27H,3-6,9-11H2,1-2H3. The zero-order valence-electron chi connectivity index (χ0n) is 16.8. The van der Waals surface area contributed by atoms with Crippen LogP contribution in [-0.4, -0.2) is 42.0 Å². The largest absolute Gasteiger partial charge is 0.504 e. The fraction of sp³-hybridized carbons (Fsp3) is 0.450. The maximum absolute atomic E-state index is 12.4. The van der Waals surface area contributed by atoms with Crippen molar-refractivity contribution in [2.24, 2.45) is 14.1 Å². The molecule has 0 aliphatic heterocycles. The van der Waals surface area contributed by atoms with Gasteiger partial charge in [0.1, 0.15) is 0 Å². The van der Waals surface area contributed by atoms with Gasteiger partial charge in [0, 0.05) is 20.6 Å². The van der Waals surface area contributed by atoms with Crippen LogP contribution in [0.5, 0.6) is 11.5 Å². The van der Waals surface area contributed by atoms with Crippen molar-refractivity contribution in [3.8, 4) is 11.5 Å². The number of hydrogen-bond acceptors (Lipinski definition) is 6. The van der Waals surface area contributed by atoms with Crippen molar-refractivity contribution in [1.29, 1.82) is 0 Å². The van der Waals surface area contributed by atoms with Crippen LogP contribution in [-0.2, 0) is 27.1 Å². The highest BCUT2D eigenvalue weighted by molar-refractivity contribution is 5.69. The summed E-state index contributed by atoms with van der Waals surface area (Å²) in [6, 6.07) is 4.90. The maximum Gasteiger partial charge on any atom is 0.332 e. The van der Waals surface area contributed by atoms with E-state index in [4.69, 9.17) is 0 Å². The molecule has 0 spiro atoms. The molecule has 0 unspecified atom stereocenters. The zero-order chi connectivity index (χ0) is 21.0. The lowest BCUT2D eigenvalue weighted by Crippen LogP contribution is -2.37. The second kappa shape index (κ2) is 8.95. The van der Waals surface area contributed by atoms with Gasteiger partial charge in [0.2, 0.25) is 0 Å². The zero-order valence-corrected chi connectivity index (χ0v) is 16.8. The van der Waals surface area contributed by atoms with Crippen LogP contribution in [0.4, 0.5) is 0 Å². The van der Waals surface area contributed by atoms with Gasteiger partial charge in [0.05, 0.1) is 6.33 Å². The van der Waals surface area contributed by atoms with Gasteiger partial charge in [-0.2, -0.15) is 0 Å². The quantitative estimate of drug-likeness (QED) is 0.362. The molecule has 0 saturated carbocycles. The van der Waals surface area contributed by atoms with Crippen LogP contribution in [0.2, 0.25) is 0 Å². The summed E-state index contributed by atoms with van der Waals surface area (Å²) in [5, 5.41) is 22.2. The number of aromatic hydroxyl groups is 2. The summed E-state index contributed by atoms with van der Waals surface area (Å²) in [6.45, 7) is 2.39. The molecule has 0 aliphatic carbocycles. The van der Waals surface area contributed by atoms with E-state index >= 15 is 0 Å². The van der Waals surface area contributed by atoms with Crippen LogP contribution < -0.4 is 16.6 Å². The van der Waals surface area contributed by atoms with Crippen LogP contribution in [0.25, 0.3) is 11.2 Å². The number of nitrogens with one attached hydrogen (secondary N) is 1. The molecule has 0 amide bonds. The van der Waals surface area contributed by atoms with Crippen LogP contribution in [0.15, 0.2) is 34.1 Å². The first-order chi connectivity index (χ1) is 13.9. The third-order valence-electron chi connectivity index (χ3n) is 5.08. The van der Waals surface area contributed by atoms with Crippen molar-refractivity contribution in [2.45, 2.75) is 32.2 Å². The lowest BCUT2D eigenvalue weighted by Gasteiger charge is -2.08. The van der Waals surface area contributed by atoms with E-state index < -0.39 is 0 Å². The van der Waals surface area contributed by atoms with E-state index in [1.807, 2.05) is 10.6 Å². The van der Waals surface area contributed by atoms with Gasteiger partial charge in [-0.3, -0.25) is 13.9 Å². The minimum atomic E-state index is -0.375. The average Bonchev–Trinajstić information content (AvgIpc) is 3.13. The van der Waals surface area contributed by atoms with Crippen molar-refractivity contribution < 1.29 is 10.2 Å². The van der Waals surface area contributed by atoms with Gasteiger partial charge in [-0.25, -0.2) is 9.78 Å². The Kier molecular flexibility index (Phi) is 6.38. The van der Waals surface area contributed by atoms with E-state index in [0.717, 1.165) is 48.9 Å². The lowest BCUT2D eigenvalue weighted by atomic mass is 10.1. The van der Waals surface area contributed by atoms with E-state index in [1.54, 1.807) is 19.4 Å². The normalized spacial score (nSPS) is 11.4. The van der Waals surface area contributed by atoms with E-state index in [-0.39, 0.29) is 22.7 Å². The Hall–Kier alpha value is -3.07. The van der Waals surface area contributed by atoms with Crippen molar-refractivity contribution in [3.63, 3.8) is 0 Å². The highest BCUT2D eigenvalue weighted by Gasteiger charge is 2.13. The molecule has 1 aromatic carbocycles. The Labute approximate surface area is 167 Å². The fourth-order valence-corrected chi connectivity index (χ4v) is 3.37.